The summed E-state index contributed by atoms with van der Waals surface area (Å²) >= 11 is 0. The van der Waals surface area contributed by atoms with Gasteiger partial charge in [0.05, 0.1) is 23.2 Å². The molecule has 1 aromatic heterocycles. The SMILES string of the molecule is COC1CCCC(Oc2cc([N+](=O)[O-])cc(N)n2)C1. The first-order chi connectivity index (χ1) is 9.08. The molecule has 1 fully saturated rings. The van der Waals surface area contributed by atoms with Crippen LogP contribution in [0.15, 0.2) is 12.1 Å². The van der Waals surface area contributed by atoms with Crippen molar-refractivity contribution in [2.75, 3.05) is 12.8 Å². The van der Waals surface area contributed by atoms with Gasteiger partial charge in [-0.05, 0) is 19.3 Å². The molecular formula is C12H17N3O4. The van der Waals surface area contributed by atoms with E-state index in [-0.39, 0.29) is 29.6 Å². The molecule has 19 heavy (non-hydrogen) atoms. The fourth-order valence-corrected chi connectivity index (χ4v) is 2.27. The Balaban J connectivity index is 2.08. The number of pyridine rings is 1. The fourth-order valence-electron chi connectivity index (χ4n) is 2.27. The summed E-state index contributed by atoms with van der Waals surface area (Å²) in [7, 11) is 1.68. The summed E-state index contributed by atoms with van der Waals surface area (Å²) < 4.78 is 11.0. The first-order valence-corrected chi connectivity index (χ1v) is 6.20. The topological polar surface area (TPSA) is 101 Å². The molecule has 0 aromatic carbocycles. The molecule has 0 saturated heterocycles. The first-order valence-electron chi connectivity index (χ1n) is 6.20. The van der Waals surface area contributed by atoms with Crippen molar-refractivity contribution in [2.45, 2.75) is 37.9 Å². The Hall–Kier alpha value is -1.89. The molecule has 104 valence electrons. The average Bonchev–Trinajstić information content (AvgIpc) is 2.38. The summed E-state index contributed by atoms with van der Waals surface area (Å²) in [5, 5.41) is 10.7. The van der Waals surface area contributed by atoms with Crippen LogP contribution >= 0.6 is 0 Å². The lowest BCUT2D eigenvalue weighted by Gasteiger charge is -2.28. The Labute approximate surface area is 110 Å². The molecule has 1 aromatic rings. The van der Waals surface area contributed by atoms with E-state index in [1.54, 1.807) is 7.11 Å². The second kappa shape index (κ2) is 5.83. The zero-order valence-corrected chi connectivity index (χ0v) is 10.7. The lowest BCUT2D eigenvalue weighted by atomic mass is 9.95. The molecule has 2 unspecified atom stereocenters. The van der Waals surface area contributed by atoms with Crippen molar-refractivity contribution in [1.82, 2.24) is 4.98 Å². The number of nitro groups is 1. The van der Waals surface area contributed by atoms with Gasteiger partial charge in [-0.3, -0.25) is 10.1 Å². The molecule has 0 aliphatic heterocycles. The third-order valence-corrected chi connectivity index (χ3v) is 3.22. The van der Waals surface area contributed by atoms with E-state index in [4.69, 9.17) is 15.2 Å². The summed E-state index contributed by atoms with van der Waals surface area (Å²) in [6, 6.07) is 2.51. The van der Waals surface area contributed by atoms with Crippen LogP contribution < -0.4 is 10.5 Å². The number of nitrogens with two attached hydrogens (primary N) is 1. The number of anilines is 1. The summed E-state index contributed by atoms with van der Waals surface area (Å²) in [5.74, 6) is 0.289. The number of nitrogens with zero attached hydrogens (tertiary/aromatic N) is 2. The molecule has 2 N–H and O–H groups in total. The minimum absolute atomic E-state index is 0.0346. The molecule has 2 atom stereocenters. The lowest BCUT2D eigenvalue weighted by molar-refractivity contribution is -0.384. The molecule has 2 rings (SSSR count). The van der Waals surface area contributed by atoms with Crippen molar-refractivity contribution < 1.29 is 14.4 Å². The quantitative estimate of drug-likeness (QED) is 0.660. The number of rotatable bonds is 4. The molecule has 7 heteroatoms. The fraction of sp³-hybridized carbons (Fsp3) is 0.583. The molecule has 7 nitrogen and oxygen atoms in total. The smallest absolute Gasteiger partial charge is 0.278 e. The zero-order valence-electron chi connectivity index (χ0n) is 10.7. The predicted molar refractivity (Wildman–Crippen MR) is 69.0 cm³/mol. The highest BCUT2D eigenvalue weighted by atomic mass is 16.6. The number of nitrogen functional groups attached to an aromatic ring is 1. The van der Waals surface area contributed by atoms with Gasteiger partial charge in [0.2, 0.25) is 5.88 Å². The van der Waals surface area contributed by atoms with Gasteiger partial charge in [0.1, 0.15) is 11.9 Å². The minimum Gasteiger partial charge on any atom is -0.474 e. The van der Waals surface area contributed by atoms with Gasteiger partial charge < -0.3 is 15.2 Å². The Morgan fingerprint density at radius 2 is 2.16 bits per heavy atom. The summed E-state index contributed by atoms with van der Waals surface area (Å²) in [6.07, 6.45) is 3.82. The molecule has 0 amide bonds. The zero-order chi connectivity index (χ0) is 13.8. The highest BCUT2D eigenvalue weighted by molar-refractivity contribution is 5.45. The van der Waals surface area contributed by atoms with Crippen LogP contribution in [0.25, 0.3) is 0 Å². The maximum atomic E-state index is 10.7. The maximum absolute atomic E-state index is 10.7. The van der Waals surface area contributed by atoms with Gasteiger partial charge in [-0.1, -0.05) is 0 Å². The van der Waals surface area contributed by atoms with Crippen molar-refractivity contribution in [3.8, 4) is 5.88 Å². The normalized spacial score (nSPS) is 23.0. The van der Waals surface area contributed by atoms with E-state index in [1.807, 2.05) is 0 Å². The van der Waals surface area contributed by atoms with Crippen LogP contribution in [-0.2, 0) is 4.74 Å². The van der Waals surface area contributed by atoms with Gasteiger partial charge in [-0.15, -0.1) is 0 Å². The van der Waals surface area contributed by atoms with Crippen molar-refractivity contribution >= 4 is 11.5 Å². The standard InChI is InChI=1S/C12H17N3O4/c1-18-9-3-2-4-10(7-9)19-12-6-8(15(16)17)5-11(13)14-12/h5-6,9-10H,2-4,7H2,1H3,(H2,13,14). The first kappa shape index (κ1) is 13.5. The van der Waals surface area contributed by atoms with Gasteiger partial charge >= 0.3 is 0 Å². The Bertz CT molecular complexity index is 466. The molecule has 0 bridgehead atoms. The third-order valence-electron chi connectivity index (χ3n) is 3.22. The minimum atomic E-state index is -0.510. The van der Waals surface area contributed by atoms with Gasteiger partial charge in [-0.25, -0.2) is 0 Å². The monoisotopic (exact) mass is 267 g/mol. The van der Waals surface area contributed by atoms with Crippen LogP contribution in [-0.4, -0.2) is 29.2 Å². The summed E-state index contributed by atoms with van der Waals surface area (Å²) in [6.45, 7) is 0. The van der Waals surface area contributed by atoms with Crippen molar-refractivity contribution in [2.24, 2.45) is 0 Å². The van der Waals surface area contributed by atoms with E-state index in [0.717, 1.165) is 25.7 Å². The number of hydrogen-bond acceptors (Lipinski definition) is 6. The van der Waals surface area contributed by atoms with E-state index < -0.39 is 4.92 Å². The third kappa shape index (κ3) is 3.54. The summed E-state index contributed by atoms with van der Waals surface area (Å²) in [5.41, 5.74) is 5.43. The van der Waals surface area contributed by atoms with Crippen LogP contribution in [0.1, 0.15) is 25.7 Å². The number of ether oxygens (including phenoxy) is 2. The summed E-state index contributed by atoms with van der Waals surface area (Å²) in [4.78, 5) is 14.2. The van der Waals surface area contributed by atoms with E-state index >= 15 is 0 Å². The molecule has 0 radical (unpaired) electrons. The van der Waals surface area contributed by atoms with Crippen LogP contribution in [0.2, 0.25) is 0 Å². The van der Waals surface area contributed by atoms with Crippen LogP contribution in [0.3, 0.4) is 0 Å². The van der Waals surface area contributed by atoms with Gasteiger partial charge in [-0.2, -0.15) is 4.98 Å². The predicted octanol–water partition coefficient (Wildman–Crippen LogP) is 1.91. The Kier molecular flexibility index (Phi) is 4.16. The van der Waals surface area contributed by atoms with Gasteiger partial charge in [0, 0.05) is 13.5 Å². The van der Waals surface area contributed by atoms with Crippen molar-refractivity contribution in [3.05, 3.63) is 22.2 Å². The van der Waals surface area contributed by atoms with E-state index in [0.29, 0.717) is 0 Å². The highest BCUT2D eigenvalue weighted by Gasteiger charge is 2.24. The van der Waals surface area contributed by atoms with E-state index in [9.17, 15) is 10.1 Å². The molecule has 0 spiro atoms. The number of methoxy groups -OCH3 is 1. The van der Waals surface area contributed by atoms with Crippen LogP contribution in [0.4, 0.5) is 11.5 Å². The number of aromatic nitrogens is 1. The maximum Gasteiger partial charge on any atom is 0.278 e. The van der Waals surface area contributed by atoms with Gasteiger partial charge in [0.25, 0.3) is 5.69 Å². The van der Waals surface area contributed by atoms with Crippen LogP contribution in [0, 0.1) is 10.1 Å². The van der Waals surface area contributed by atoms with E-state index in [2.05, 4.69) is 4.98 Å². The highest BCUT2D eigenvalue weighted by Crippen LogP contribution is 2.27. The second-order valence-corrected chi connectivity index (χ2v) is 4.61. The van der Waals surface area contributed by atoms with E-state index in [1.165, 1.54) is 12.1 Å². The molecule has 1 heterocycles. The lowest BCUT2D eigenvalue weighted by Crippen LogP contribution is -2.29. The van der Waals surface area contributed by atoms with Gasteiger partial charge in [0.15, 0.2) is 0 Å². The number of hydrogen-bond donors (Lipinski definition) is 1. The van der Waals surface area contributed by atoms with Crippen molar-refractivity contribution in [1.29, 1.82) is 0 Å². The molecule has 1 aliphatic carbocycles. The molecular weight excluding hydrogens is 250 g/mol. The molecule has 1 aliphatic rings. The molecule has 1 saturated carbocycles. The average molecular weight is 267 g/mol. The largest absolute Gasteiger partial charge is 0.474 e. The second-order valence-electron chi connectivity index (χ2n) is 4.61. The Morgan fingerprint density at radius 3 is 2.84 bits per heavy atom. The Morgan fingerprint density at radius 1 is 1.42 bits per heavy atom. The van der Waals surface area contributed by atoms with Crippen LogP contribution in [0.5, 0.6) is 5.88 Å². The van der Waals surface area contributed by atoms with Crippen molar-refractivity contribution in [3.63, 3.8) is 0 Å².